The third kappa shape index (κ3) is 10.8. The first-order chi connectivity index (χ1) is 13.0. The summed E-state index contributed by atoms with van der Waals surface area (Å²) in [7, 11) is 0. The first-order valence-electron chi connectivity index (χ1n) is 9.21. The highest BCUT2D eigenvalue weighted by atomic mass is 16.6. The van der Waals surface area contributed by atoms with E-state index in [-0.39, 0.29) is 37.7 Å². The molecule has 0 aliphatic carbocycles. The van der Waals surface area contributed by atoms with E-state index in [2.05, 4.69) is 6.92 Å². The molecule has 150 valence electrons. The predicted octanol–water partition coefficient (Wildman–Crippen LogP) is 3.81. The molecule has 0 N–H and O–H groups in total. The fourth-order valence-electron chi connectivity index (χ4n) is 2.22. The fourth-order valence-corrected chi connectivity index (χ4v) is 2.22. The van der Waals surface area contributed by atoms with Gasteiger partial charge in [-0.15, -0.1) is 0 Å². The van der Waals surface area contributed by atoms with Crippen LogP contribution in [0.3, 0.4) is 0 Å². The SMILES string of the molecule is CCCCCCOC(=O)CCCC(=O)OCCOc1ccc([N+](=O)[O-])cc1. The van der Waals surface area contributed by atoms with E-state index in [0.29, 0.717) is 18.8 Å². The van der Waals surface area contributed by atoms with Crippen molar-refractivity contribution in [3.63, 3.8) is 0 Å². The largest absolute Gasteiger partial charge is 0.490 e. The Labute approximate surface area is 158 Å². The molecule has 0 aliphatic heterocycles. The number of nitro benzene ring substituents is 1. The summed E-state index contributed by atoms with van der Waals surface area (Å²) < 4.78 is 15.4. The topological polar surface area (TPSA) is 105 Å². The van der Waals surface area contributed by atoms with Gasteiger partial charge in [-0.3, -0.25) is 19.7 Å². The number of carbonyl (C=O) groups excluding carboxylic acids is 2. The van der Waals surface area contributed by atoms with Crippen molar-refractivity contribution in [3.8, 4) is 5.75 Å². The Hall–Kier alpha value is -2.64. The highest BCUT2D eigenvalue weighted by Gasteiger charge is 2.08. The molecular formula is C19H27NO7. The van der Waals surface area contributed by atoms with E-state index in [0.717, 1.165) is 25.7 Å². The zero-order valence-corrected chi connectivity index (χ0v) is 15.7. The summed E-state index contributed by atoms with van der Waals surface area (Å²) in [6, 6.07) is 5.64. The van der Waals surface area contributed by atoms with Crippen LogP contribution in [-0.2, 0) is 19.1 Å². The third-order valence-corrected chi connectivity index (χ3v) is 3.69. The van der Waals surface area contributed by atoms with Gasteiger partial charge in [-0.1, -0.05) is 26.2 Å². The second-order valence-electron chi connectivity index (χ2n) is 5.95. The lowest BCUT2D eigenvalue weighted by atomic mass is 10.2. The second kappa shape index (κ2) is 13.5. The number of non-ortho nitro benzene ring substituents is 1. The van der Waals surface area contributed by atoms with Crippen LogP contribution in [0.1, 0.15) is 51.9 Å². The molecule has 1 rings (SSSR count). The summed E-state index contributed by atoms with van der Waals surface area (Å²) in [5.74, 6) is -0.239. The summed E-state index contributed by atoms with van der Waals surface area (Å²) >= 11 is 0. The number of hydrogen-bond acceptors (Lipinski definition) is 7. The van der Waals surface area contributed by atoms with Gasteiger partial charge in [0.15, 0.2) is 0 Å². The van der Waals surface area contributed by atoms with Gasteiger partial charge in [-0.05, 0) is 25.0 Å². The number of ether oxygens (including phenoxy) is 3. The van der Waals surface area contributed by atoms with Crippen LogP contribution in [0.5, 0.6) is 5.75 Å². The van der Waals surface area contributed by atoms with Crippen LogP contribution in [0.15, 0.2) is 24.3 Å². The molecule has 0 saturated heterocycles. The molecule has 0 fully saturated rings. The first kappa shape index (κ1) is 22.4. The molecule has 0 heterocycles. The van der Waals surface area contributed by atoms with Crippen molar-refractivity contribution in [2.75, 3.05) is 19.8 Å². The van der Waals surface area contributed by atoms with Gasteiger partial charge < -0.3 is 14.2 Å². The van der Waals surface area contributed by atoms with Crippen molar-refractivity contribution in [1.29, 1.82) is 0 Å². The Kier molecular flexibility index (Phi) is 11.2. The molecule has 0 bridgehead atoms. The monoisotopic (exact) mass is 381 g/mol. The average molecular weight is 381 g/mol. The normalized spacial score (nSPS) is 10.3. The molecule has 0 aliphatic rings. The number of rotatable bonds is 14. The van der Waals surface area contributed by atoms with Crippen molar-refractivity contribution in [1.82, 2.24) is 0 Å². The molecular weight excluding hydrogens is 354 g/mol. The molecule has 0 aromatic heterocycles. The number of unbranched alkanes of at least 4 members (excludes halogenated alkanes) is 3. The number of esters is 2. The minimum Gasteiger partial charge on any atom is -0.490 e. The maximum absolute atomic E-state index is 11.6. The number of nitro groups is 1. The average Bonchev–Trinajstić information content (AvgIpc) is 2.65. The number of hydrogen-bond donors (Lipinski definition) is 0. The lowest BCUT2D eigenvalue weighted by Gasteiger charge is -2.07. The van der Waals surface area contributed by atoms with Gasteiger partial charge in [0.2, 0.25) is 0 Å². The molecule has 0 spiro atoms. The molecule has 1 aromatic carbocycles. The van der Waals surface area contributed by atoms with Crippen molar-refractivity contribution in [3.05, 3.63) is 34.4 Å². The van der Waals surface area contributed by atoms with Gasteiger partial charge in [0.1, 0.15) is 19.0 Å². The van der Waals surface area contributed by atoms with Gasteiger partial charge in [-0.25, -0.2) is 0 Å². The van der Waals surface area contributed by atoms with Crippen molar-refractivity contribution < 1.29 is 28.7 Å². The number of nitrogens with zero attached hydrogens (tertiary/aromatic N) is 1. The zero-order valence-electron chi connectivity index (χ0n) is 15.7. The van der Waals surface area contributed by atoms with E-state index < -0.39 is 10.9 Å². The second-order valence-corrected chi connectivity index (χ2v) is 5.95. The Morgan fingerprint density at radius 3 is 2.11 bits per heavy atom. The van der Waals surface area contributed by atoms with E-state index in [1.165, 1.54) is 24.3 Å². The lowest BCUT2D eigenvalue weighted by molar-refractivity contribution is -0.384. The fraction of sp³-hybridized carbons (Fsp3) is 0.579. The van der Waals surface area contributed by atoms with Crippen LogP contribution < -0.4 is 4.74 Å². The number of carbonyl (C=O) groups is 2. The van der Waals surface area contributed by atoms with E-state index in [1.54, 1.807) is 0 Å². The van der Waals surface area contributed by atoms with Crippen molar-refractivity contribution >= 4 is 17.6 Å². The molecule has 1 aromatic rings. The third-order valence-electron chi connectivity index (χ3n) is 3.69. The lowest BCUT2D eigenvalue weighted by Crippen LogP contribution is -2.13. The minimum absolute atomic E-state index is 0.0201. The van der Waals surface area contributed by atoms with E-state index in [4.69, 9.17) is 14.2 Å². The van der Waals surface area contributed by atoms with Crippen LogP contribution in [0.25, 0.3) is 0 Å². The van der Waals surface area contributed by atoms with Crippen molar-refractivity contribution in [2.24, 2.45) is 0 Å². The molecule has 0 saturated carbocycles. The molecule has 8 nitrogen and oxygen atoms in total. The zero-order chi connectivity index (χ0) is 19.9. The van der Waals surface area contributed by atoms with Gasteiger partial charge in [0, 0.05) is 25.0 Å². The molecule has 27 heavy (non-hydrogen) atoms. The van der Waals surface area contributed by atoms with E-state index in [9.17, 15) is 19.7 Å². The molecule has 0 radical (unpaired) electrons. The Morgan fingerprint density at radius 1 is 0.889 bits per heavy atom. The van der Waals surface area contributed by atoms with Crippen LogP contribution in [0.4, 0.5) is 5.69 Å². The van der Waals surface area contributed by atoms with Crippen LogP contribution in [0.2, 0.25) is 0 Å². The maximum atomic E-state index is 11.6. The van der Waals surface area contributed by atoms with Gasteiger partial charge in [0.05, 0.1) is 11.5 Å². The molecule has 0 amide bonds. The summed E-state index contributed by atoms with van der Waals surface area (Å²) in [6.07, 6.45) is 4.92. The number of benzene rings is 1. The van der Waals surface area contributed by atoms with Gasteiger partial charge >= 0.3 is 11.9 Å². The quantitative estimate of drug-likeness (QED) is 0.209. The van der Waals surface area contributed by atoms with Crippen LogP contribution in [0, 0.1) is 10.1 Å². The van der Waals surface area contributed by atoms with E-state index >= 15 is 0 Å². The summed E-state index contributed by atoms with van der Waals surface area (Å²) in [6.45, 7) is 2.76. The molecule has 0 unspecified atom stereocenters. The standard InChI is InChI=1S/C19H27NO7/c1-2-3-4-5-13-26-18(21)7-6-8-19(22)27-15-14-25-17-11-9-16(10-12-17)20(23)24/h9-12H,2-8,13-15H2,1H3. The molecule has 8 heteroatoms. The predicted molar refractivity (Wildman–Crippen MR) is 98.5 cm³/mol. The highest BCUT2D eigenvalue weighted by Crippen LogP contribution is 2.17. The van der Waals surface area contributed by atoms with Crippen molar-refractivity contribution in [2.45, 2.75) is 51.9 Å². The van der Waals surface area contributed by atoms with Crippen LogP contribution in [-0.4, -0.2) is 36.7 Å². The highest BCUT2D eigenvalue weighted by molar-refractivity contribution is 5.72. The van der Waals surface area contributed by atoms with Crippen LogP contribution >= 0.6 is 0 Å². The Balaban J connectivity index is 2.03. The Morgan fingerprint density at radius 2 is 1.52 bits per heavy atom. The first-order valence-corrected chi connectivity index (χ1v) is 9.21. The van der Waals surface area contributed by atoms with Gasteiger partial charge in [-0.2, -0.15) is 0 Å². The van der Waals surface area contributed by atoms with Gasteiger partial charge in [0.25, 0.3) is 5.69 Å². The van der Waals surface area contributed by atoms with E-state index in [1.807, 2.05) is 0 Å². The smallest absolute Gasteiger partial charge is 0.305 e. The Bertz CT molecular complexity index is 586. The maximum Gasteiger partial charge on any atom is 0.305 e. The summed E-state index contributed by atoms with van der Waals surface area (Å²) in [4.78, 5) is 33.1. The summed E-state index contributed by atoms with van der Waals surface area (Å²) in [5, 5.41) is 10.5. The summed E-state index contributed by atoms with van der Waals surface area (Å²) in [5.41, 5.74) is -0.0201. The molecule has 0 atom stereocenters. The minimum atomic E-state index is -0.492.